The summed E-state index contributed by atoms with van der Waals surface area (Å²) >= 11 is 3.38. The Morgan fingerprint density at radius 3 is 2.38 bits per heavy atom. The van der Waals surface area contributed by atoms with Crippen molar-refractivity contribution in [2.45, 2.75) is 18.4 Å². The van der Waals surface area contributed by atoms with Gasteiger partial charge in [-0.15, -0.1) is 0 Å². The van der Waals surface area contributed by atoms with Crippen LogP contribution < -0.4 is 9.47 Å². The summed E-state index contributed by atoms with van der Waals surface area (Å²) in [5.74, 6) is 1.80. The van der Waals surface area contributed by atoms with Gasteiger partial charge in [-0.1, -0.05) is 36.4 Å². The van der Waals surface area contributed by atoms with E-state index in [1.807, 2.05) is 65.6 Å². The Hall–Kier alpha value is -2.86. The number of rotatable bonds is 3. The van der Waals surface area contributed by atoms with Gasteiger partial charge in [0.15, 0.2) is 0 Å². The predicted molar refractivity (Wildman–Crippen MR) is 112 cm³/mol. The zero-order chi connectivity index (χ0) is 19.8. The molecule has 146 valence electrons. The first-order valence-electron chi connectivity index (χ1n) is 9.62. The summed E-state index contributed by atoms with van der Waals surface area (Å²) in [5.41, 5.74) is 1.82. The smallest absolute Gasteiger partial charge is 0.234 e. The number of likely N-dealkylation sites (tertiary alicyclic amines) is 1. The van der Waals surface area contributed by atoms with Crippen LogP contribution in [0.3, 0.4) is 0 Å². The molecular weight excluding hydrogens is 432 g/mol. The van der Waals surface area contributed by atoms with Crippen molar-refractivity contribution in [1.82, 2.24) is 9.88 Å². The summed E-state index contributed by atoms with van der Waals surface area (Å²) in [6.45, 7) is 1.22. The predicted octanol–water partition coefficient (Wildman–Crippen LogP) is 4.76. The highest BCUT2D eigenvalue weighted by Crippen LogP contribution is 2.44. The van der Waals surface area contributed by atoms with Crippen LogP contribution >= 0.6 is 15.9 Å². The molecule has 0 bridgehead atoms. The van der Waals surface area contributed by atoms with Crippen molar-refractivity contribution in [1.29, 1.82) is 0 Å². The summed E-state index contributed by atoms with van der Waals surface area (Å²) in [7, 11) is 0. The fourth-order valence-electron chi connectivity index (χ4n) is 3.99. The summed E-state index contributed by atoms with van der Waals surface area (Å²) in [4.78, 5) is 19.7. The van der Waals surface area contributed by atoms with Gasteiger partial charge in [0.1, 0.15) is 17.6 Å². The highest BCUT2D eigenvalue weighted by molar-refractivity contribution is 9.10. The third-order valence-corrected chi connectivity index (χ3v) is 5.84. The van der Waals surface area contributed by atoms with Crippen molar-refractivity contribution in [3.8, 4) is 17.4 Å². The summed E-state index contributed by atoms with van der Waals surface area (Å²) in [6.07, 6.45) is 2.44. The average molecular weight is 451 g/mol. The minimum atomic E-state index is -0.360. The minimum Gasteiger partial charge on any atom is -0.472 e. The van der Waals surface area contributed by atoms with E-state index < -0.39 is 0 Å². The van der Waals surface area contributed by atoms with Crippen LogP contribution in [0.4, 0.5) is 0 Å². The van der Waals surface area contributed by atoms with E-state index in [4.69, 9.17) is 9.47 Å². The van der Waals surface area contributed by atoms with Gasteiger partial charge in [0.25, 0.3) is 0 Å². The first kappa shape index (κ1) is 18.2. The number of hydrogen-bond acceptors (Lipinski definition) is 4. The highest BCUT2D eigenvalue weighted by atomic mass is 79.9. The monoisotopic (exact) mass is 450 g/mol. The van der Waals surface area contributed by atoms with Crippen LogP contribution in [0.1, 0.15) is 23.5 Å². The maximum atomic E-state index is 13.6. The number of fused-ring (bicyclic) bond motifs is 2. The number of amides is 1. The van der Waals surface area contributed by atoms with Gasteiger partial charge in [-0.25, -0.2) is 4.98 Å². The van der Waals surface area contributed by atoms with Gasteiger partial charge < -0.3 is 14.4 Å². The van der Waals surface area contributed by atoms with Gasteiger partial charge in [-0.2, -0.15) is 0 Å². The second-order valence-electron chi connectivity index (χ2n) is 7.24. The average Bonchev–Trinajstić information content (AvgIpc) is 3.22. The first-order chi connectivity index (χ1) is 14.2. The molecule has 5 rings (SSSR count). The number of carbonyl (C=O) groups excluding carboxylic acids is 1. The van der Waals surface area contributed by atoms with Crippen molar-refractivity contribution in [2.75, 3.05) is 13.1 Å². The Morgan fingerprint density at radius 2 is 1.72 bits per heavy atom. The molecule has 1 fully saturated rings. The zero-order valence-corrected chi connectivity index (χ0v) is 17.2. The topological polar surface area (TPSA) is 51.7 Å². The number of aromatic nitrogens is 1. The Morgan fingerprint density at radius 1 is 1.03 bits per heavy atom. The van der Waals surface area contributed by atoms with Crippen LogP contribution in [0.2, 0.25) is 0 Å². The zero-order valence-electron chi connectivity index (χ0n) is 15.6. The molecule has 3 heterocycles. The van der Waals surface area contributed by atoms with E-state index in [9.17, 15) is 4.79 Å². The van der Waals surface area contributed by atoms with Gasteiger partial charge in [0.05, 0.1) is 12.5 Å². The molecule has 29 heavy (non-hydrogen) atoms. The van der Waals surface area contributed by atoms with E-state index in [1.165, 1.54) is 0 Å². The molecule has 5 nitrogen and oxygen atoms in total. The fraction of sp³-hybridized carbons (Fsp3) is 0.217. The molecule has 0 aliphatic carbocycles. The first-order valence-corrected chi connectivity index (χ1v) is 10.4. The summed E-state index contributed by atoms with van der Waals surface area (Å²) in [6, 6.07) is 19.3. The van der Waals surface area contributed by atoms with Crippen molar-refractivity contribution in [3.05, 3.63) is 82.5 Å². The van der Waals surface area contributed by atoms with Crippen LogP contribution in [-0.2, 0) is 4.79 Å². The SMILES string of the molecule is O=C(C1c2ccccc2Oc2ccccc21)N1CCC(Oc2ccc(Br)cn2)C1. The molecule has 1 atom stereocenters. The van der Waals surface area contributed by atoms with E-state index in [-0.39, 0.29) is 17.9 Å². The molecule has 2 aromatic carbocycles. The third kappa shape index (κ3) is 3.49. The number of nitrogens with zero attached hydrogens (tertiary/aromatic N) is 2. The van der Waals surface area contributed by atoms with Crippen LogP contribution in [0.15, 0.2) is 71.3 Å². The van der Waals surface area contributed by atoms with Crippen LogP contribution in [0.5, 0.6) is 17.4 Å². The van der Waals surface area contributed by atoms with E-state index >= 15 is 0 Å². The van der Waals surface area contributed by atoms with Crippen LogP contribution in [0, 0.1) is 0 Å². The molecule has 1 amide bonds. The van der Waals surface area contributed by atoms with Crippen LogP contribution in [-0.4, -0.2) is 35.0 Å². The van der Waals surface area contributed by atoms with E-state index in [2.05, 4.69) is 20.9 Å². The molecular formula is C23H19BrN2O3. The summed E-state index contributed by atoms with van der Waals surface area (Å²) < 4.78 is 12.9. The fourth-order valence-corrected chi connectivity index (χ4v) is 4.22. The lowest BCUT2D eigenvalue weighted by Crippen LogP contribution is -2.36. The van der Waals surface area contributed by atoms with Crippen molar-refractivity contribution in [2.24, 2.45) is 0 Å². The maximum Gasteiger partial charge on any atom is 0.234 e. The number of benzene rings is 2. The normalized spacial score (nSPS) is 18.0. The van der Waals surface area contributed by atoms with Gasteiger partial charge in [0.2, 0.25) is 11.8 Å². The molecule has 1 unspecified atom stereocenters. The number of ether oxygens (including phenoxy) is 2. The Bertz CT molecular complexity index is 1010. The molecule has 0 radical (unpaired) electrons. The lowest BCUT2D eigenvalue weighted by Gasteiger charge is -2.30. The Kier molecular flexibility index (Phi) is 4.72. The molecule has 1 saturated heterocycles. The lowest BCUT2D eigenvalue weighted by molar-refractivity contribution is -0.131. The third-order valence-electron chi connectivity index (χ3n) is 5.37. The van der Waals surface area contributed by atoms with Crippen LogP contribution in [0.25, 0.3) is 0 Å². The van der Waals surface area contributed by atoms with Gasteiger partial charge in [-0.05, 0) is 34.1 Å². The quantitative estimate of drug-likeness (QED) is 0.576. The van der Waals surface area contributed by atoms with E-state index in [0.717, 1.165) is 33.5 Å². The number of carbonyl (C=O) groups is 1. The lowest BCUT2D eigenvalue weighted by atomic mass is 9.87. The number of hydrogen-bond donors (Lipinski definition) is 0. The molecule has 6 heteroatoms. The molecule has 3 aromatic rings. The van der Waals surface area contributed by atoms with E-state index in [1.54, 1.807) is 6.20 Å². The Balaban J connectivity index is 1.38. The second kappa shape index (κ2) is 7.52. The molecule has 0 spiro atoms. The molecule has 0 saturated carbocycles. The van der Waals surface area contributed by atoms with Gasteiger partial charge in [0, 0.05) is 40.8 Å². The molecule has 1 aromatic heterocycles. The molecule has 2 aliphatic rings. The van der Waals surface area contributed by atoms with Crippen molar-refractivity contribution in [3.63, 3.8) is 0 Å². The summed E-state index contributed by atoms with van der Waals surface area (Å²) in [5, 5.41) is 0. The van der Waals surface area contributed by atoms with Gasteiger partial charge in [-0.3, -0.25) is 4.79 Å². The van der Waals surface area contributed by atoms with Gasteiger partial charge >= 0.3 is 0 Å². The van der Waals surface area contributed by atoms with E-state index in [0.29, 0.717) is 19.0 Å². The number of halogens is 1. The molecule has 0 N–H and O–H groups in total. The standard InChI is InChI=1S/C23H19BrN2O3/c24-15-9-10-21(25-13-15)28-16-11-12-26(14-16)23(27)22-17-5-1-3-7-19(17)29-20-8-4-2-6-18(20)22/h1-10,13,16,22H,11-12,14H2. The van der Waals surface area contributed by atoms with Crippen molar-refractivity contribution < 1.29 is 14.3 Å². The highest BCUT2D eigenvalue weighted by Gasteiger charge is 2.38. The molecule has 2 aliphatic heterocycles. The van der Waals surface area contributed by atoms with Crippen molar-refractivity contribution >= 4 is 21.8 Å². The second-order valence-corrected chi connectivity index (χ2v) is 8.15. The maximum absolute atomic E-state index is 13.6. The Labute approximate surface area is 177 Å². The number of pyridine rings is 1. The largest absolute Gasteiger partial charge is 0.472 e. The number of para-hydroxylation sites is 2. The minimum absolute atomic E-state index is 0.0575.